The molecule has 0 aliphatic rings. The van der Waals surface area contributed by atoms with Crippen molar-refractivity contribution in [1.29, 1.82) is 0 Å². The Labute approximate surface area is 446 Å². The van der Waals surface area contributed by atoms with Gasteiger partial charge in [-0.2, -0.15) is 0 Å². The van der Waals surface area contributed by atoms with E-state index >= 15 is 0 Å². The Morgan fingerprint density at radius 3 is 0.667 bits per heavy atom. The van der Waals surface area contributed by atoms with Gasteiger partial charge < -0.3 is 11.5 Å². The SMILES string of the molecule is CCCCCCCCCCCCC(c1ccc(N)cc1)c1ccc(CCCCCCCCCCCCCCCCCCCCc2ccc(C(CCCCCCCCCCCC)c3ccc(N)cc3)cc2)cc1. The lowest BCUT2D eigenvalue weighted by Gasteiger charge is -2.19. The number of hydrogen-bond donors (Lipinski definition) is 2. The second-order valence-corrected chi connectivity index (χ2v) is 22.7. The summed E-state index contributed by atoms with van der Waals surface area (Å²) in [5, 5.41) is 0. The number of rotatable bonds is 47. The molecule has 4 aromatic carbocycles. The minimum atomic E-state index is 0.470. The maximum Gasteiger partial charge on any atom is 0.0314 e. The average molecular weight is 982 g/mol. The van der Waals surface area contributed by atoms with Crippen LogP contribution in [-0.4, -0.2) is 0 Å². The van der Waals surface area contributed by atoms with Crippen LogP contribution in [0.15, 0.2) is 97.1 Å². The lowest BCUT2D eigenvalue weighted by molar-refractivity contribution is 0.524. The van der Waals surface area contributed by atoms with Crippen LogP contribution in [0.2, 0.25) is 0 Å². The molecule has 0 bridgehead atoms. The van der Waals surface area contributed by atoms with Gasteiger partial charge in [-0.3, -0.25) is 0 Å². The Morgan fingerprint density at radius 2 is 0.431 bits per heavy atom. The van der Waals surface area contributed by atoms with Crippen molar-refractivity contribution in [1.82, 2.24) is 0 Å². The number of nitrogens with two attached hydrogens (primary N) is 2. The summed E-state index contributed by atoms with van der Waals surface area (Å²) in [4.78, 5) is 0. The molecule has 0 saturated carbocycles. The first kappa shape index (κ1) is 61.0. The third kappa shape index (κ3) is 28.8. The topological polar surface area (TPSA) is 52.0 Å². The molecule has 2 heteroatoms. The van der Waals surface area contributed by atoms with Crippen molar-refractivity contribution in [2.75, 3.05) is 11.5 Å². The van der Waals surface area contributed by atoms with Crippen LogP contribution in [0, 0.1) is 0 Å². The van der Waals surface area contributed by atoms with Gasteiger partial charge in [0.1, 0.15) is 0 Å². The fraction of sp³-hybridized carbons (Fsp3) is 0.657. The van der Waals surface area contributed by atoms with E-state index in [1.54, 1.807) is 0 Å². The molecule has 2 unspecified atom stereocenters. The summed E-state index contributed by atoms with van der Waals surface area (Å²) in [6.07, 6.45) is 58.1. The van der Waals surface area contributed by atoms with Crippen LogP contribution in [0.1, 0.15) is 316 Å². The van der Waals surface area contributed by atoms with Crippen LogP contribution in [-0.2, 0) is 12.8 Å². The summed E-state index contributed by atoms with van der Waals surface area (Å²) >= 11 is 0. The van der Waals surface area contributed by atoms with Gasteiger partial charge >= 0.3 is 0 Å². The molecule has 0 amide bonds. The Balaban J connectivity index is 0.938. The molecule has 4 aromatic rings. The molecule has 0 aliphatic heterocycles. The largest absolute Gasteiger partial charge is 0.399 e. The number of aryl methyl sites for hydroxylation is 2. The van der Waals surface area contributed by atoms with Crippen LogP contribution < -0.4 is 11.5 Å². The molecule has 0 spiro atoms. The smallest absolute Gasteiger partial charge is 0.0314 e. The van der Waals surface area contributed by atoms with Crippen molar-refractivity contribution in [3.05, 3.63) is 130 Å². The third-order valence-electron chi connectivity index (χ3n) is 16.3. The van der Waals surface area contributed by atoms with E-state index in [9.17, 15) is 0 Å². The predicted octanol–water partition coefficient (Wildman–Crippen LogP) is 22.5. The highest BCUT2D eigenvalue weighted by molar-refractivity contribution is 5.44. The second-order valence-electron chi connectivity index (χ2n) is 22.7. The molecular weight excluding hydrogens is 869 g/mol. The van der Waals surface area contributed by atoms with E-state index in [0.717, 1.165) is 11.4 Å². The highest BCUT2D eigenvalue weighted by Crippen LogP contribution is 2.33. The summed E-state index contributed by atoms with van der Waals surface area (Å²) in [6, 6.07) is 36.7. The number of nitrogen functional groups attached to an aromatic ring is 2. The van der Waals surface area contributed by atoms with Crippen molar-refractivity contribution < 1.29 is 0 Å². The van der Waals surface area contributed by atoms with E-state index in [0.29, 0.717) is 11.8 Å². The molecule has 0 fully saturated rings. The fourth-order valence-corrected chi connectivity index (χ4v) is 11.5. The maximum atomic E-state index is 6.07. The number of anilines is 2. The highest BCUT2D eigenvalue weighted by atomic mass is 14.5. The maximum absolute atomic E-state index is 6.07. The molecule has 0 saturated heterocycles. The van der Waals surface area contributed by atoms with Crippen molar-refractivity contribution in [2.24, 2.45) is 0 Å². The lowest BCUT2D eigenvalue weighted by atomic mass is 9.86. The van der Waals surface area contributed by atoms with E-state index in [1.165, 1.54) is 303 Å². The van der Waals surface area contributed by atoms with Gasteiger partial charge in [-0.05, 0) is 96.2 Å². The molecule has 402 valence electrons. The Morgan fingerprint density at radius 1 is 0.236 bits per heavy atom. The van der Waals surface area contributed by atoms with Crippen molar-refractivity contribution >= 4 is 11.4 Å². The van der Waals surface area contributed by atoms with Gasteiger partial charge in [0.15, 0.2) is 0 Å². The first-order chi connectivity index (χ1) is 35.6. The molecule has 72 heavy (non-hydrogen) atoms. The number of unbranched alkanes of at least 4 members (excludes halogenated alkanes) is 35. The molecule has 4 N–H and O–H groups in total. The van der Waals surface area contributed by atoms with E-state index in [4.69, 9.17) is 11.5 Å². The van der Waals surface area contributed by atoms with E-state index in [1.807, 2.05) is 0 Å². The van der Waals surface area contributed by atoms with Gasteiger partial charge in [-0.25, -0.2) is 0 Å². The molecular formula is C70H112N2. The van der Waals surface area contributed by atoms with Gasteiger partial charge in [0.05, 0.1) is 0 Å². The van der Waals surface area contributed by atoms with E-state index in [2.05, 4.69) is 111 Å². The zero-order chi connectivity index (χ0) is 50.8. The quantitative estimate of drug-likeness (QED) is 0.0342. The van der Waals surface area contributed by atoms with E-state index in [-0.39, 0.29) is 0 Å². The normalized spacial score (nSPS) is 12.4. The molecule has 2 atom stereocenters. The Kier molecular flexibility index (Phi) is 35.4. The highest BCUT2D eigenvalue weighted by Gasteiger charge is 2.16. The minimum Gasteiger partial charge on any atom is -0.399 e. The minimum absolute atomic E-state index is 0.470. The molecule has 2 nitrogen and oxygen atoms in total. The Hall–Kier alpha value is -3.52. The molecule has 0 radical (unpaired) electrons. The first-order valence-corrected chi connectivity index (χ1v) is 31.5. The molecule has 0 heterocycles. The summed E-state index contributed by atoms with van der Waals surface area (Å²) < 4.78 is 0. The van der Waals surface area contributed by atoms with E-state index < -0.39 is 0 Å². The Bertz CT molecular complexity index is 1660. The van der Waals surface area contributed by atoms with Crippen LogP contribution in [0.4, 0.5) is 11.4 Å². The van der Waals surface area contributed by atoms with Crippen LogP contribution >= 0.6 is 0 Å². The fourth-order valence-electron chi connectivity index (χ4n) is 11.5. The van der Waals surface area contributed by atoms with Gasteiger partial charge in [0, 0.05) is 23.2 Å². The molecule has 0 aliphatic carbocycles. The third-order valence-corrected chi connectivity index (χ3v) is 16.3. The van der Waals surface area contributed by atoms with Gasteiger partial charge in [0.25, 0.3) is 0 Å². The number of benzene rings is 4. The summed E-state index contributed by atoms with van der Waals surface area (Å²) in [5.41, 5.74) is 22.7. The molecule has 0 aromatic heterocycles. The predicted molar refractivity (Wildman–Crippen MR) is 322 cm³/mol. The van der Waals surface area contributed by atoms with Crippen LogP contribution in [0.25, 0.3) is 0 Å². The monoisotopic (exact) mass is 981 g/mol. The van der Waals surface area contributed by atoms with Gasteiger partial charge in [0.2, 0.25) is 0 Å². The second kappa shape index (κ2) is 41.8. The van der Waals surface area contributed by atoms with Gasteiger partial charge in [-0.1, -0.05) is 318 Å². The number of hydrogen-bond acceptors (Lipinski definition) is 2. The van der Waals surface area contributed by atoms with Crippen molar-refractivity contribution in [3.8, 4) is 0 Å². The van der Waals surface area contributed by atoms with Crippen molar-refractivity contribution in [3.63, 3.8) is 0 Å². The molecule has 4 rings (SSSR count). The van der Waals surface area contributed by atoms with Crippen LogP contribution in [0.3, 0.4) is 0 Å². The zero-order valence-corrected chi connectivity index (χ0v) is 47.2. The van der Waals surface area contributed by atoms with Gasteiger partial charge in [-0.15, -0.1) is 0 Å². The summed E-state index contributed by atoms with van der Waals surface area (Å²) in [5.74, 6) is 0.939. The standard InChI is InChI=1S/C70H112N2/c1-3-5-7-9-11-13-27-31-35-39-43-69(65-53-57-67(71)58-54-65)63-49-45-61(46-50-63)41-37-33-29-25-23-21-19-17-15-16-18-20-22-24-26-30-34-38-42-62-47-51-64(52-48-62)70(66-55-59-68(72)60-56-66)44-40-36-32-28-14-12-10-8-6-4-2/h45-60,69-70H,3-44,71-72H2,1-2H3. The summed E-state index contributed by atoms with van der Waals surface area (Å²) in [7, 11) is 0. The lowest BCUT2D eigenvalue weighted by Crippen LogP contribution is -2.02. The first-order valence-electron chi connectivity index (χ1n) is 31.5. The zero-order valence-electron chi connectivity index (χ0n) is 47.2. The average Bonchev–Trinajstić information content (AvgIpc) is 3.40. The van der Waals surface area contributed by atoms with Crippen LogP contribution in [0.5, 0.6) is 0 Å². The summed E-state index contributed by atoms with van der Waals surface area (Å²) in [6.45, 7) is 4.61. The van der Waals surface area contributed by atoms with Crippen molar-refractivity contribution in [2.45, 2.75) is 295 Å².